The summed E-state index contributed by atoms with van der Waals surface area (Å²) in [5.41, 5.74) is 0.633. The van der Waals surface area contributed by atoms with Crippen LogP contribution in [0, 0.1) is 5.92 Å². The summed E-state index contributed by atoms with van der Waals surface area (Å²) < 4.78 is 10.7. The lowest BCUT2D eigenvalue weighted by molar-refractivity contribution is 0.0967. The summed E-state index contributed by atoms with van der Waals surface area (Å²) in [6, 6.07) is 5.20. The third kappa shape index (κ3) is 4.91. The lowest BCUT2D eigenvalue weighted by atomic mass is 10.0. The second-order valence-electron chi connectivity index (χ2n) is 4.81. The van der Waals surface area contributed by atoms with Crippen LogP contribution < -0.4 is 9.47 Å². The van der Waals surface area contributed by atoms with Gasteiger partial charge in [-0.2, -0.15) is 0 Å². The van der Waals surface area contributed by atoms with Crippen molar-refractivity contribution in [2.45, 2.75) is 26.7 Å². The highest BCUT2D eigenvalue weighted by molar-refractivity contribution is 5.96. The van der Waals surface area contributed by atoms with Gasteiger partial charge in [-0.1, -0.05) is 13.8 Å². The molecule has 0 spiro atoms. The molecule has 1 aromatic rings. The van der Waals surface area contributed by atoms with Crippen molar-refractivity contribution in [1.29, 1.82) is 0 Å². The third-order valence-corrected chi connectivity index (χ3v) is 2.64. The Morgan fingerprint density at radius 3 is 2.63 bits per heavy atom. The summed E-state index contributed by atoms with van der Waals surface area (Å²) in [4.78, 5) is 12.0. The zero-order valence-corrected chi connectivity index (χ0v) is 11.8. The van der Waals surface area contributed by atoms with Gasteiger partial charge in [-0.3, -0.25) is 4.79 Å². The molecule has 0 aliphatic rings. The molecule has 0 saturated carbocycles. The van der Waals surface area contributed by atoms with Gasteiger partial charge in [0.2, 0.25) is 0 Å². The molecule has 0 radical (unpaired) electrons. The van der Waals surface area contributed by atoms with E-state index < -0.39 is 0 Å². The summed E-state index contributed by atoms with van der Waals surface area (Å²) in [6.07, 6.45) is 1.07. The van der Waals surface area contributed by atoms with Gasteiger partial charge in [0.1, 0.15) is 0 Å². The average Bonchev–Trinajstić information content (AvgIpc) is 2.38. The monoisotopic (exact) mass is 266 g/mol. The highest BCUT2D eigenvalue weighted by Gasteiger charge is 2.12. The van der Waals surface area contributed by atoms with Gasteiger partial charge in [0.05, 0.1) is 13.7 Å². The van der Waals surface area contributed by atoms with E-state index in [1.54, 1.807) is 25.3 Å². The molecule has 4 nitrogen and oxygen atoms in total. The fourth-order valence-corrected chi connectivity index (χ4v) is 1.70. The third-order valence-electron chi connectivity index (χ3n) is 2.64. The largest absolute Gasteiger partial charge is 0.493 e. The highest BCUT2D eigenvalue weighted by atomic mass is 16.5. The van der Waals surface area contributed by atoms with Gasteiger partial charge in [0.15, 0.2) is 17.3 Å². The first-order valence-electron chi connectivity index (χ1n) is 6.53. The number of rotatable bonds is 8. The maximum atomic E-state index is 12.0. The number of benzene rings is 1. The molecule has 1 rings (SSSR count). The van der Waals surface area contributed by atoms with E-state index in [0.717, 1.165) is 0 Å². The Morgan fingerprint density at radius 1 is 1.32 bits per heavy atom. The number of aliphatic hydroxyl groups excluding tert-OH is 1. The molecule has 0 aliphatic heterocycles. The first-order valence-corrected chi connectivity index (χ1v) is 6.53. The molecule has 1 aromatic carbocycles. The quantitative estimate of drug-likeness (QED) is 0.580. The molecule has 4 heteroatoms. The maximum Gasteiger partial charge on any atom is 0.163 e. The molecule has 106 valence electrons. The number of hydrogen-bond donors (Lipinski definition) is 1. The fourth-order valence-electron chi connectivity index (χ4n) is 1.70. The molecule has 0 amide bonds. The van der Waals surface area contributed by atoms with Gasteiger partial charge in [-0.15, -0.1) is 0 Å². The number of aliphatic hydroxyl groups is 1. The molecule has 0 unspecified atom stereocenters. The Balaban J connectivity index is 2.84. The van der Waals surface area contributed by atoms with Crippen LogP contribution in [0.5, 0.6) is 11.5 Å². The van der Waals surface area contributed by atoms with Crippen LogP contribution >= 0.6 is 0 Å². The average molecular weight is 266 g/mol. The second-order valence-corrected chi connectivity index (χ2v) is 4.81. The number of carbonyl (C=O) groups is 1. The number of carbonyl (C=O) groups excluding carboxylic acids is 1. The topological polar surface area (TPSA) is 55.8 Å². The normalized spacial score (nSPS) is 10.6. The van der Waals surface area contributed by atoms with Crippen LogP contribution in [0.15, 0.2) is 18.2 Å². The lowest BCUT2D eigenvalue weighted by Gasteiger charge is -2.12. The van der Waals surface area contributed by atoms with E-state index >= 15 is 0 Å². The van der Waals surface area contributed by atoms with E-state index in [0.29, 0.717) is 42.4 Å². The molecule has 0 fully saturated rings. The van der Waals surface area contributed by atoms with Gasteiger partial charge in [0, 0.05) is 25.0 Å². The minimum Gasteiger partial charge on any atom is -0.493 e. The van der Waals surface area contributed by atoms with Crippen LogP contribution in [-0.2, 0) is 0 Å². The molecular weight excluding hydrogens is 244 g/mol. The summed E-state index contributed by atoms with van der Waals surface area (Å²) in [6.45, 7) is 4.50. The molecule has 0 atom stereocenters. The van der Waals surface area contributed by atoms with Crippen LogP contribution in [0.2, 0.25) is 0 Å². The first-order chi connectivity index (χ1) is 9.08. The molecule has 1 N–H and O–H groups in total. The Morgan fingerprint density at radius 2 is 2.05 bits per heavy atom. The summed E-state index contributed by atoms with van der Waals surface area (Å²) in [5, 5.41) is 8.75. The lowest BCUT2D eigenvalue weighted by Crippen LogP contribution is -2.06. The SMILES string of the molecule is COc1ccc(C(=O)CC(C)C)cc1OCCCO. The second kappa shape index (κ2) is 7.79. The van der Waals surface area contributed by atoms with Crippen LogP contribution in [-0.4, -0.2) is 31.2 Å². The first kappa shape index (κ1) is 15.5. The van der Waals surface area contributed by atoms with Crippen molar-refractivity contribution in [2.24, 2.45) is 5.92 Å². The van der Waals surface area contributed by atoms with Crippen LogP contribution in [0.25, 0.3) is 0 Å². The molecule has 19 heavy (non-hydrogen) atoms. The van der Waals surface area contributed by atoms with Crippen LogP contribution in [0.1, 0.15) is 37.0 Å². The summed E-state index contributed by atoms with van der Waals surface area (Å²) in [7, 11) is 1.56. The molecular formula is C15H22O4. The number of methoxy groups -OCH3 is 1. The van der Waals surface area contributed by atoms with Crippen molar-refractivity contribution >= 4 is 5.78 Å². The fraction of sp³-hybridized carbons (Fsp3) is 0.533. The van der Waals surface area contributed by atoms with Gasteiger partial charge < -0.3 is 14.6 Å². The molecule has 0 saturated heterocycles. The number of hydrogen-bond acceptors (Lipinski definition) is 4. The van der Waals surface area contributed by atoms with E-state index in [-0.39, 0.29) is 12.4 Å². The Bertz CT molecular complexity index is 413. The van der Waals surface area contributed by atoms with Crippen molar-refractivity contribution in [3.8, 4) is 11.5 Å². The van der Waals surface area contributed by atoms with E-state index in [4.69, 9.17) is 14.6 Å². The van der Waals surface area contributed by atoms with Crippen molar-refractivity contribution in [3.63, 3.8) is 0 Å². The minimum atomic E-state index is 0.0777. The predicted molar refractivity (Wildman–Crippen MR) is 74.0 cm³/mol. The van der Waals surface area contributed by atoms with Crippen LogP contribution in [0.3, 0.4) is 0 Å². The van der Waals surface area contributed by atoms with Gasteiger partial charge in [0.25, 0.3) is 0 Å². The van der Waals surface area contributed by atoms with E-state index in [1.165, 1.54) is 0 Å². The zero-order chi connectivity index (χ0) is 14.3. The molecule has 0 aliphatic carbocycles. The standard InChI is InChI=1S/C15H22O4/c1-11(2)9-13(17)12-5-6-14(18-3)15(10-12)19-8-4-7-16/h5-6,10-11,16H,4,7-9H2,1-3H3. The number of Topliss-reactive ketones (excluding diaryl/α,β-unsaturated/α-hetero) is 1. The van der Waals surface area contributed by atoms with E-state index in [2.05, 4.69) is 0 Å². The summed E-state index contributed by atoms with van der Waals surface area (Å²) >= 11 is 0. The zero-order valence-electron chi connectivity index (χ0n) is 11.8. The number of ether oxygens (including phenoxy) is 2. The van der Waals surface area contributed by atoms with Gasteiger partial charge >= 0.3 is 0 Å². The Kier molecular flexibility index (Phi) is 6.36. The smallest absolute Gasteiger partial charge is 0.163 e. The van der Waals surface area contributed by atoms with E-state index in [1.807, 2.05) is 13.8 Å². The Labute approximate surface area is 114 Å². The molecule has 0 bridgehead atoms. The molecule has 0 aromatic heterocycles. The minimum absolute atomic E-state index is 0.0777. The summed E-state index contributed by atoms with van der Waals surface area (Å²) in [5.74, 6) is 1.57. The van der Waals surface area contributed by atoms with E-state index in [9.17, 15) is 4.79 Å². The number of ketones is 1. The Hall–Kier alpha value is -1.55. The highest BCUT2D eigenvalue weighted by Crippen LogP contribution is 2.29. The van der Waals surface area contributed by atoms with Crippen molar-refractivity contribution < 1.29 is 19.4 Å². The van der Waals surface area contributed by atoms with Gasteiger partial charge in [-0.25, -0.2) is 0 Å². The van der Waals surface area contributed by atoms with Crippen molar-refractivity contribution in [3.05, 3.63) is 23.8 Å². The predicted octanol–water partition coefficient (Wildman–Crippen LogP) is 2.69. The van der Waals surface area contributed by atoms with Crippen LogP contribution in [0.4, 0.5) is 0 Å². The maximum absolute atomic E-state index is 12.0. The van der Waals surface area contributed by atoms with Crippen molar-refractivity contribution in [2.75, 3.05) is 20.3 Å². The van der Waals surface area contributed by atoms with Gasteiger partial charge in [-0.05, 0) is 24.1 Å². The molecule has 0 heterocycles. The van der Waals surface area contributed by atoms with Crippen molar-refractivity contribution in [1.82, 2.24) is 0 Å².